The zero-order valence-electron chi connectivity index (χ0n) is 6.93. The van der Waals surface area contributed by atoms with Crippen LogP contribution in [0.5, 0.6) is 0 Å². The lowest BCUT2D eigenvalue weighted by atomic mass is 10.1. The molecule has 1 aliphatic rings. The van der Waals surface area contributed by atoms with Crippen molar-refractivity contribution >= 4 is 29.1 Å². The number of hydrogen-bond donors (Lipinski definition) is 0. The van der Waals surface area contributed by atoms with Crippen LogP contribution >= 0.6 is 23.2 Å². The van der Waals surface area contributed by atoms with Gasteiger partial charge in [0.2, 0.25) is 5.91 Å². The van der Waals surface area contributed by atoms with E-state index in [0.29, 0.717) is 0 Å². The van der Waals surface area contributed by atoms with Crippen molar-refractivity contribution in [3.63, 3.8) is 0 Å². The average Bonchev–Trinajstić information content (AvgIpc) is 2.17. The number of nitrogens with zero attached hydrogens (tertiary/aromatic N) is 1. The minimum Gasteiger partial charge on any atom is -0.341 e. The van der Waals surface area contributed by atoms with Crippen LogP contribution in [0.15, 0.2) is 0 Å². The molecular formula is C8H13Cl2NO. The van der Waals surface area contributed by atoms with E-state index in [1.165, 1.54) is 6.42 Å². The monoisotopic (exact) mass is 209 g/mol. The SMILES string of the molecule is O=C(C(Cl)CCl)N1CCCCC1. The van der Waals surface area contributed by atoms with Crippen LogP contribution in [-0.2, 0) is 4.79 Å². The zero-order valence-corrected chi connectivity index (χ0v) is 8.44. The van der Waals surface area contributed by atoms with E-state index in [9.17, 15) is 4.79 Å². The quantitative estimate of drug-likeness (QED) is 0.637. The number of carbonyl (C=O) groups excluding carboxylic acids is 1. The summed E-state index contributed by atoms with van der Waals surface area (Å²) in [6, 6.07) is 0. The van der Waals surface area contributed by atoms with Crippen molar-refractivity contribution in [1.29, 1.82) is 0 Å². The second kappa shape index (κ2) is 4.93. The van der Waals surface area contributed by atoms with E-state index in [2.05, 4.69) is 0 Å². The molecule has 2 nitrogen and oxygen atoms in total. The summed E-state index contributed by atoms with van der Waals surface area (Å²) in [6.45, 7) is 1.69. The molecule has 0 aromatic rings. The van der Waals surface area contributed by atoms with E-state index < -0.39 is 5.38 Å². The van der Waals surface area contributed by atoms with Crippen LogP contribution < -0.4 is 0 Å². The second-order valence-corrected chi connectivity index (χ2v) is 3.84. The van der Waals surface area contributed by atoms with Gasteiger partial charge in [0.1, 0.15) is 5.38 Å². The van der Waals surface area contributed by atoms with Gasteiger partial charge in [0.25, 0.3) is 0 Å². The molecule has 1 rings (SSSR count). The number of likely N-dealkylation sites (tertiary alicyclic amines) is 1. The first-order chi connectivity index (χ1) is 5.75. The summed E-state index contributed by atoms with van der Waals surface area (Å²) in [5.41, 5.74) is 0. The molecule has 0 saturated carbocycles. The molecular weight excluding hydrogens is 197 g/mol. The molecule has 1 unspecified atom stereocenters. The highest BCUT2D eigenvalue weighted by atomic mass is 35.5. The van der Waals surface area contributed by atoms with Crippen molar-refractivity contribution in [1.82, 2.24) is 4.90 Å². The van der Waals surface area contributed by atoms with Crippen LogP contribution in [0.1, 0.15) is 19.3 Å². The molecule has 1 aliphatic heterocycles. The van der Waals surface area contributed by atoms with Crippen LogP contribution in [0.2, 0.25) is 0 Å². The molecule has 0 bridgehead atoms. The molecule has 0 spiro atoms. The molecule has 1 heterocycles. The lowest BCUT2D eigenvalue weighted by Gasteiger charge is -2.27. The standard InChI is InChI=1S/C8H13Cl2NO/c9-6-7(10)8(12)11-4-2-1-3-5-11/h7H,1-6H2. The van der Waals surface area contributed by atoms with Crippen molar-refractivity contribution in [2.45, 2.75) is 24.6 Å². The minimum absolute atomic E-state index is 0.00799. The lowest BCUT2D eigenvalue weighted by Crippen LogP contribution is -2.40. The summed E-state index contributed by atoms with van der Waals surface area (Å²) < 4.78 is 0. The van der Waals surface area contributed by atoms with Crippen LogP contribution in [0.25, 0.3) is 0 Å². The van der Waals surface area contributed by atoms with Crippen LogP contribution in [0, 0.1) is 0 Å². The van der Waals surface area contributed by atoms with E-state index in [1.54, 1.807) is 0 Å². The Hall–Kier alpha value is 0.0500. The molecule has 0 aliphatic carbocycles. The second-order valence-electron chi connectivity index (χ2n) is 3.01. The fourth-order valence-electron chi connectivity index (χ4n) is 1.38. The highest BCUT2D eigenvalue weighted by Gasteiger charge is 2.22. The Morgan fingerprint density at radius 3 is 2.42 bits per heavy atom. The topological polar surface area (TPSA) is 20.3 Å². The fourth-order valence-corrected chi connectivity index (χ4v) is 1.65. The van der Waals surface area contributed by atoms with E-state index in [0.717, 1.165) is 25.9 Å². The summed E-state index contributed by atoms with van der Waals surface area (Å²) in [5, 5.41) is -0.537. The van der Waals surface area contributed by atoms with Crippen molar-refractivity contribution < 1.29 is 4.79 Å². The first kappa shape index (κ1) is 10.1. The van der Waals surface area contributed by atoms with Gasteiger partial charge in [-0.3, -0.25) is 4.79 Å². The first-order valence-electron chi connectivity index (χ1n) is 4.24. The van der Waals surface area contributed by atoms with E-state index in [1.807, 2.05) is 4.90 Å². The maximum atomic E-state index is 11.4. The Morgan fingerprint density at radius 2 is 1.92 bits per heavy atom. The van der Waals surface area contributed by atoms with Gasteiger partial charge in [0, 0.05) is 19.0 Å². The van der Waals surface area contributed by atoms with Crippen LogP contribution in [0.3, 0.4) is 0 Å². The minimum atomic E-state index is -0.537. The smallest absolute Gasteiger partial charge is 0.241 e. The predicted octanol–water partition coefficient (Wildman–Crippen LogP) is 1.85. The maximum Gasteiger partial charge on any atom is 0.241 e. The summed E-state index contributed by atoms with van der Waals surface area (Å²) in [6.07, 6.45) is 3.41. The van der Waals surface area contributed by atoms with Gasteiger partial charge in [-0.15, -0.1) is 23.2 Å². The molecule has 0 aromatic carbocycles. The van der Waals surface area contributed by atoms with Crippen LogP contribution in [-0.4, -0.2) is 35.2 Å². The number of halogens is 2. The van der Waals surface area contributed by atoms with E-state index in [-0.39, 0.29) is 11.8 Å². The first-order valence-corrected chi connectivity index (χ1v) is 5.21. The van der Waals surface area contributed by atoms with Crippen LogP contribution in [0.4, 0.5) is 0 Å². The number of piperidine rings is 1. The third-order valence-corrected chi connectivity index (χ3v) is 2.88. The van der Waals surface area contributed by atoms with E-state index in [4.69, 9.17) is 23.2 Å². The van der Waals surface area contributed by atoms with Gasteiger partial charge in [-0.2, -0.15) is 0 Å². The van der Waals surface area contributed by atoms with Gasteiger partial charge >= 0.3 is 0 Å². The van der Waals surface area contributed by atoms with Gasteiger partial charge in [-0.05, 0) is 19.3 Å². The Labute approximate surface area is 82.8 Å². The molecule has 70 valence electrons. The number of carbonyl (C=O) groups is 1. The molecule has 1 amide bonds. The summed E-state index contributed by atoms with van der Waals surface area (Å²) in [7, 11) is 0. The highest BCUT2D eigenvalue weighted by Crippen LogP contribution is 2.12. The highest BCUT2D eigenvalue weighted by molar-refractivity contribution is 6.35. The number of rotatable bonds is 2. The normalized spacial score (nSPS) is 20.7. The van der Waals surface area contributed by atoms with E-state index >= 15 is 0 Å². The molecule has 0 aromatic heterocycles. The van der Waals surface area contributed by atoms with Crippen molar-refractivity contribution in [2.24, 2.45) is 0 Å². The lowest BCUT2D eigenvalue weighted by molar-refractivity contribution is -0.131. The Bertz CT molecular complexity index is 157. The molecule has 1 fully saturated rings. The summed E-state index contributed by atoms with van der Waals surface area (Å²) in [5.74, 6) is 0.197. The molecule has 1 atom stereocenters. The van der Waals surface area contributed by atoms with Gasteiger partial charge in [-0.1, -0.05) is 0 Å². The molecule has 0 N–H and O–H groups in total. The fraction of sp³-hybridized carbons (Fsp3) is 0.875. The summed E-state index contributed by atoms with van der Waals surface area (Å²) in [4.78, 5) is 13.2. The third-order valence-electron chi connectivity index (χ3n) is 2.07. The molecule has 4 heteroatoms. The molecule has 0 radical (unpaired) electrons. The predicted molar refractivity (Wildman–Crippen MR) is 50.8 cm³/mol. The molecule has 12 heavy (non-hydrogen) atoms. The number of amides is 1. The van der Waals surface area contributed by atoms with Crippen molar-refractivity contribution in [3.05, 3.63) is 0 Å². The average molecular weight is 210 g/mol. The Kier molecular flexibility index (Phi) is 4.16. The zero-order chi connectivity index (χ0) is 8.97. The Balaban J connectivity index is 2.39. The van der Waals surface area contributed by atoms with Crippen molar-refractivity contribution in [3.8, 4) is 0 Å². The van der Waals surface area contributed by atoms with Gasteiger partial charge in [0.15, 0.2) is 0 Å². The molecule has 1 saturated heterocycles. The van der Waals surface area contributed by atoms with Crippen molar-refractivity contribution in [2.75, 3.05) is 19.0 Å². The Morgan fingerprint density at radius 1 is 1.33 bits per heavy atom. The third kappa shape index (κ3) is 2.53. The largest absolute Gasteiger partial charge is 0.341 e. The maximum absolute atomic E-state index is 11.4. The van der Waals surface area contributed by atoms with Gasteiger partial charge < -0.3 is 4.90 Å². The van der Waals surface area contributed by atoms with Gasteiger partial charge in [-0.25, -0.2) is 0 Å². The number of alkyl halides is 2. The number of hydrogen-bond acceptors (Lipinski definition) is 1. The van der Waals surface area contributed by atoms with Gasteiger partial charge in [0.05, 0.1) is 0 Å². The summed E-state index contributed by atoms with van der Waals surface area (Å²) >= 11 is 11.2.